The number of nitrogens with two attached hydrogens (primary N) is 1. The molecule has 7 nitrogen and oxygen atoms in total. The molecule has 0 bridgehead atoms. The molecule has 2 aromatic rings. The normalized spacial score (nSPS) is 17.3. The smallest absolute Gasteiger partial charge is 0.242 e. The van der Waals surface area contributed by atoms with Gasteiger partial charge in [-0.1, -0.05) is 31.2 Å². The van der Waals surface area contributed by atoms with E-state index < -0.39 is 14.1 Å². The van der Waals surface area contributed by atoms with E-state index in [1.807, 2.05) is 24.6 Å². The van der Waals surface area contributed by atoms with Gasteiger partial charge in [0.2, 0.25) is 5.91 Å². The van der Waals surface area contributed by atoms with E-state index in [1.165, 1.54) is 25.7 Å². The Morgan fingerprint density at radius 3 is 2.44 bits per heavy atom. The SMILES string of the molecule is Cc1nn(COCC[Si](C)(C)C)c(C)c1-c1ccc(NC(=O)[C@@H](N)C(C2CC2)C2CC2)nc1Cl. The zero-order valence-electron chi connectivity index (χ0n) is 21.0. The molecule has 1 atom stereocenters. The Bertz CT molecular complexity index is 1030. The molecule has 0 spiro atoms. The molecule has 1 amide bonds. The first-order valence-electron chi connectivity index (χ1n) is 12.4. The Kier molecular flexibility index (Phi) is 7.52. The minimum absolute atomic E-state index is 0.171. The van der Waals surface area contributed by atoms with Gasteiger partial charge in [0.05, 0.1) is 11.7 Å². The number of amides is 1. The second-order valence-corrected chi connectivity index (χ2v) is 17.2. The average Bonchev–Trinajstić information content (AvgIpc) is 3.67. The molecule has 2 aromatic heterocycles. The van der Waals surface area contributed by atoms with E-state index in [4.69, 9.17) is 22.1 Å². The first kappa shape index (κ1) is 25.4. The van der Waals surface area contributed by atoms with Crippen molar-refractivity contribution in [1.82, 2.24) is 14.8 Å². The Balaban J connectivity index is 1.42. The van der Waals surface area contributed by atoms with E-state index in [-0.39, 0.29) is 5.91 Å². The van der Waals surface area contributed by atoms with Crippen molar-refractivity contribution in [3.8, 4) is 11.1 Å². The maximum absolute atomic E-state index is 12.8. The van der Waals surface area contributed by atoms with Crippen LogP contribution in [-0.4, -0.2) is 41.4 Å². The third kappa shape index (κ3) is 6.08. The van der Waals surface area contributed by atoms with Crippen LogP contribution in [0.1, 0.15) is 37.1 Å². The fourth-order valence-electron chi connectivity index (χ4n) is 4.75. The predicted octanol–water partition coefficient (Wildman–Crippen LogP) is 5.23. The van der Waals surface area contributed by atoms with Crippen LogP contribution in [0.2, 0.25) is 30.8 Å². The number of nitrogens with zero attached hydrogens (tertiary/aromatic N) is 3. The number of ether oxygens (including phenoxy) is 1. The lowest BCUT2D eigenvalue weighted by molar-refractivity contribution is -0.118. The second kappa shape index (κ2) is 10.1. The Morgan fingerprint density at radius 1 is 1.24 bits per heavy atom. The van der Waals surface area contributed by atoms with Crippen LogP contribution in [-0.2, 0) is 16.3 Å². The van der Waals surface area contributed by atoms with Crippen LogP contribution in [0.15, 0.2) is 12.1 Å². The summed E-state index contributed by atoms with van der Waals surface area (Å²) in [6, 6.07) is 4.30. The average molecular weight is 504 g/mol. The fraction of sp³-hybridized carbons (Fsp3) is 0.640. The van der Waals surface area contributed by atoms with E-state index in [1.54, 1.807) is 6.07 Å². The molecule has 0 saturated heterocycles. The number of pyridine rings is 1. The van der Waals surface area contributed by atoms with E-state index >= 15 is 0 Å². The molecule has 9 heteroatoms. The zero-order chi connectivity index (χ0) is 24.6. The standard InChI is InChI=1S/C25H38ClN5O2Si/c1-15-21(16(2)31(30-15)14-33-12-13-34(3,4)5)19-10-11-20(28-24(19)26)29-25(32)23(27)22(17-6-7-17)18-8-9-18/h10-11,17-18,22-23H,6-9,12-14,27H2,1-5H3,(H,28,29,32)/t23-/m0/s1. The van der Waals surface area contributed by atoms with Crippen LogP contribution in [0.4, 0.5) is 5.82 Å². The van der Waals surface area contributed by atoms with Gasteiger partial charge in [0, 0.05) is 31.5 Å². The number of hydrogen-bond acceptors (Lipinski definition) is 5. The van der Waals surface area contributed by atoms with Gasteiger partial charge in [0.1, 0.15) is 17.7 Å². The van der Waals surface area contributed by atoms with Gasteiger partial charge in [0.15, 0.2) is 0 Å². The summed E-state index contributed by atoms with van der Waals surface area (Å²) < 4.78 is 7.76. The topological polar surface area (TPSA) is 95.1 Å². The highest BCUT2D eigenvalue weighted by atomic mass is 35.5. The maximum atomic E-state index is 12.8. The maximum Gasteiger partial charge on any atom is 0.242 e. The van der Waals surface area contributed by atoms with Crippen molar-refractivity contribution < 1.29 is 9.53 Å². The Hall–Kier alpha value is -1.74. The molecule has 4 rings (SSSR count). The number of nitrogens with one attached hydrogen (secondary N) is 1. The molecule has 2 aliphatic carbocycles. The highest BCUT2D eigenvalue weighted by Crippen LogP contribution is 2.50. The van der Waals surface area contributed by atoms with E-state index in [9.17, 15) is 4.79 Å². The molecule has 186 valence electrons. The van der Waals surface area contributed by atoms with E-state index in [2.05, 4.69) is 35.0 Å². The summed E-state index contributed by atoms with van der Waals surface area (Å²) in [5, 5.41) is 7.87. The van der Waals surface area contributed by atoms with E-state index in [0.29, 0.717) is 35.5 Å². The van der Waals surface area contributed by atoms with Gasteiger partial charge in [-0.15, -0.1) is 0 Å². The van der Waals surface area contributed by atoms with Gasteiger partial charge in [-0.05, 0) is 75.5 Å². The summed E-state index contributed by atoms with van der Waals surface area (Å²) in [6.07, 6.45) is 4.76. The van der Waals surface area contributed by atoms with Crippen molar-refractivity contribution in [2.24, 2.45) is 23.5 Å². The number of carbonyl (C=O) groups is 1. The fourth-order valence-corrected chi connectivity index (χ4v) is 5.76. The lowest BCUT2D eigenvalue weighted by Crippen LogP contribution is -2.43. The van der Waals surface area contributed by atoms with Gasteiger partial charge in [-0.25, -0.2) is 9.67 Å². The molecule has 2 heterocycles. The molecular weight excluding hydrogens is 466 g/mol. The zero-order valence-corrected chi connectivity index (χ0v) is 22.8. The summed E-state index contributed by atoms with van der Waals surface area (Å²) in [5.41, 5.74) is 9.96. The molecule has 0 radical (unpaired) electrons. The third-order valence-corrected chi connectivity index (χ3v) is 9.00. The van der Waals surface area contributed by atoms with E-state index in [0.717, 1.165) is 35.2 Å². The molecule has 2 fully saturated rings. The quantitative estimate of drug-likeness (QED) is 0.248. The molecule has 0 aliphatic heterocycles. The van der Waals surface area contributed by atoms with Crippen molar-refractivity contribution in [2.45, 2.75) is 78.0 Å². The number of rotatable bonds is 11. The van der Waals surface area contributed by atoms with Crippen molar-refractivity contribution >= 4 is 31.4 Å². The summed E-state index contributed by atoms with van der Waals surface area (Å²) in [7, 11) is -1.13. The van der Waals surface area contributed by atoms with Gasteiger partial charge < -0.3 is 15.8 Å². The van der Waals surface area contributed by atoms with Crippen molar-refractivity contribution in [3.63, 3.8) is 0 Å². The largest absolute Gasteiger partial charge is 0.360 e. The number of aryl methyl sites for hydroxylation is 1. The van der Waals surface area contributed by atoms with Crippen LogP contribution in [0.25, 0.3) is 11.1 Å². The number of aromatic nitrogens is 3. The summed E-state index contributed by atoms with van der Waals surface area (Å²) >= 11 is 6.58. The lowest BCUT2D eigenvalue weighted by atomic mass is 9.89. The Morgan fingerprint density at radius 2 is 1.88 bits per heavy atom. The number of carbonyl (C=O) groups excluding carboxylic acids is 1. The monoisotopic (exact) mass is 503 g/mol. The molecule has 3 N–H and O–H groups in total. The lowest BCUT2D eigenvalue weighted by Gasteiger charge is -2.22. The Labute approximate surface area is 208 Å². The molecule has 2 aliphatic rings. The summed E-state index contributed by atoms with van der Waals surface area (Å²) in [6.45, 7) is 12.1. The summed E-state index contributed by atoms with van der Waals surface area (Å²) in [5.74, 6) is 1.76. The number of hydrogen-bond donors (Lipinski definition) is 2. The van der Waals surface area contributed by atoms with Gasteiger partial charge in [0.25, 0.3) is 0 Å². The van der Waals surface area contributed by atoms with Crippen molar-refractivity contribution in [3.05, 3.63) is 28.7 Å². The molecule has 2 saturated carbocycles. The highest BCUT2D eigenvalue weighted by Gasteiger charge is 2.46. The minimum Gasteiger partial charge on any atom is -0.360 e. The molecule has 34 heavy (non-hydrogen) atoms. The minimum atomic E-state index is -1.13. The molecule has 0 unspecified atom stereocenters. The van der Waals surface area contributed by atoms with Crippen LogP contribution in [0.5, 0.6) is 0 Å². The molecular formula is C25H38ClN5O2Si. The first-order valence-corrected chi connectivity index (χ1v) is 16.5. The summed E-state index contributed by atoms with van der Waals surface area (Å²) in [4.78, 5) is 17.3. The predicted molar refractivity (Wildman–Crippen MR) is 140 cm³/mol. The van der Waals surface area contributed by atoms with Crippen LogP contribution >= 0.6 is 11.6 Å². The van der Waals surface area contributed by atoms with Crippen molar-refractivity contribution in [1.29, 1.82) is 0 Å². The third-order valence-electron chi connectivity index (χ3n) is 7.01. The van der Waals surface area contributed by atoms with Crippen LogP contribution in [0, 0.1) is 31.6 Å². The first-order chi connectivity index (χ1) is 16.0. The number of anilines is 1. The van der Waals surface area contributed by atoms with Crippen LogP contribution < -0.4 is 11.1 Å². The van der Waals surface area contributed by atoms with Gasteiger partial charge in [-0.2, -0.15) is 5.10 Å². The highest BCUT2D eigenvalue weighted by molar-refractivity contribution is 6.76. The van der Waals surface area contributed by atoms with Gasteiger partial charge in [-0.3, -0.25) is 4.79 Å². The number of halogens is 1. The van der Waals surface area contributed by atoms with Crippen molar-refractivity contribution in [2.75, 3.05) is 11.9 Å². The van der Waals surface area contributed by atoms with Crippen LogP contribution in [0.3, 0.4) is 0 Å². The van der Waals surface area contributed by atoms with Gasteiger partial charge >= 0.3 is 0 Å². The molecule has 0 aromatic carbocycles. The second-order valence-electron chi connectivity index (χ2n) is 11.2.